The minimum absolute atomic E-state index is 0.0378. The van der Waals surface area contributed by atoms with Crippen LogP contribution in [0.15, 0.2) is 60.9 Å². The van der Waals surface area contributed by atoms with Gasteiger partial charge in [-0.05, 0) is 60.2 Å². The predicted molar refractivity (Wildman–Crippen MR) is 122 cm³/mol. The lowest BCUT2D eigenvalue weighted by Crippen LogP contribution is -2.48. The number of nitrogens with one attached hydrogen (secondary N) is 3. The van der Waals surface area contributed by atoms with Gasteiger partial charge in [0.15, 0.2) is 0 Å². The SMILES string of the molecule is CC(C)(C)c1cccc(NC(=O)C2(c3ccc(-c4cn[nH]c4)cc3)CCNCC2)c1. The van der Waals surface area contributed by atoms with Gasteiger partial charge in [0.05, 0.1) is 11.6 Å². The average Bonchev–Trinajstić information content (AvgIpc) is 3.29. The number of amides is 1. The number of aromatic amines is 1. The summed E-state index contributed by atoms with van der Waals surface area (Å²) in [5.41, 5.74) is 4.79. The van der Waals surface area contributed by atoms with Crippen LogP contribution in [0.3, 0.4) is 0 Å². The van der Waals surface area contributed by atoms with Crippen LogP contribution in [0.2, 0.25) is 0 Å². The fraction of sp³-hybridized carbons (Fsp3) is 0.360. The van der Waals surface area contributed by atoms with Crippen LogP contribution in [0.4, 0.5) is 5.69 Å². The lowest BCUT2D eigenvalue weighted by atomic mass is 9.72. The highest BCUT2D eigenvalue weighted by atomic mass is 16.2. The topological polar surface area (TPSA) is 69.8 Å². The maximum Gasteiger partial charge on any atom is 0.235 e. The molecule has 2 heterocycles. The summed E-state index contributed by atoms with van der Waals surface area (Å²) in [4.78, 5) is 13.6. The molecule has 0 spiro atoms. The normalized spacial score (nSPS) is 16.2. The van der Waals surface area contributed by atoms with E-state index in [1.54, 1.807) is 0 Å². The molecule has 3 aromatic rings. The van der Waals surface area contributed by atoms with Crippen molar-refractivity contribution in [2.45, 2.75) is 44.4 Å². The standard InChI is InChI=1S/C25H30N4O/c1-24(2,3)21-5-4-6-22(15-21)29-23(30)25(11-13-26-14-12-25)20-9-7-18(8-10-20)19-16-27-28-17-19/h4-10,15-17,26H,11-14H2,1-3H3,(H,27,28)(H,29,30). The number of piperidine rings is 1. The molecule has 156 valence electrons. The zero-order valence-corrected chi connectivity index (χ0v) is 18.0. The van der Waals surface area contributed by atoms with Crippen molar-refractivity contribution in [3.05, 3.63) is 72.1 Å². The number of anilines is 1. The third-order valence-electron chi connectivity index (χ3n) is 6.15. The summed E-state index contributed by atoms with van der Waals surface area (Å²) in [5.74, 6) is 0.0751. The summed E-state index contributed by atoms with van der Waals surface area (Å²) in [6.45, 7) is 8.22. The van der Waals surface area contributed by atoms with Crippen LogP contribution in [-0.2, 0) is 15.6 Å². The summed E-state index contributed by atoms with van der Waals surface area (Å²) in [5, 5.41) is 13.5. The van der Waals surface area contributed by atoms with Gasteiger partial charge in [-0.1, -0.05) is 57.2 Å². The highest BCUT2D eigenvalue weighted by molar-refractivity contribution is 5.99. The Hall–Kier alpha value is -2.92. The minimum atomic E-state index is -0.530. The molecule has 1 saturated heterocycles. The van der Waals surface area contributed by atoms with Gasteiger partial charge in [0.1, 0.15) is 0 Å². The van der Waals surface area contributed by atoms with E-state index in [1.807, 2.05) is 24.5 Å². The second-order valence-electron chi connectivity index (χ2n) is 9.18. The quantitative estimate of drug-likeness (QED) is 0.596. The van der Waals surface area contributed by atoms with Gasteiger partial charge in [-0.15, -0.1) is 0 Å². The number of carbonyl (C=O) groups excluding carboxylic acids is 1. The molecule has 0 radical (unpaired) electrons. The Bertz CT molecular complexity index is 994. The Balaban J connectivity index is 1.63. The zero-order valence-electron chi connectivity index (χ0n) is 18.0. The Morgan fingerprint density at radius 2 is 1.77 bits per heavy atom. The van der Waals surface area contributed by atoms with Crippen LogP contribution in [0, 0.1) is 0 Å². The second kappa shape index (κ2) is 8.07. The van der Waals surface area contributed by atoms with E-state index < -0.39 is 5.41 Å². The molecule has 0 bridgehead atoms. The molecule has 0 aliphatic carbocycles. The first-order valence-corrected chi connectivity index (χ1v) is 10.6. The van der Waals surface area contributed by atoms with Crippen LogP contribution in [0.5, 0.6) is 0 Å². The highest BCUT2D eigenvalue weighted by Crippen LogP contribution is 2.36. The van der Waals surface area contributed by atoms with Crippen molar-refractivity contribution in [2.75, 3.05) is 18.4 Å². The molecule has 2 aromatic carbocycles. The number of aromatic nitrogens is 2. The summed E-state index contributed by atoms with van der Waals surface area (Å²) in [6.07, 6.45) is 5.25. The summed E-state index contributed by atoms with van der Waals surface area (Å²) in [7, 11) is 0. The second-order valence-corrected chi connectivity index (χ2v) is 9.18. The highest BCUT2D eigenvalue weighted by Gasteiger charge is 2.41. The number of hydrogen-bond acceptors (Lipinski definition) is 3. The lowest BCUT2D eigenvalue weighted by molar-refractivity contribution is -0.122. The zero-order chi connectivity index (χ0) is 21.2. The molecule has 0 unspecified atom stereocenters. The fourth-order valence-electron chi connectivity index (χ4n) is 4.21. The van der Waals surface area contributed by atoms with Gasteiger partial charge in [-0.3, -0.25) is 9.89 Å². The molecule has 5 nitrogen and oxygen atoms in total. The van der Waals surface area contributed by atoms with Gasteiger partial charge in [-0.2, -0.15) is 5.10 Å². The van der Waals surface area contributed by atoms with Gasteiger partial charge in [-0.25, -0.2) is 0 Å². The van der Waals surface area contributed by atoms with Gasteiger partial charge in [0.25, 0.3) is 0 Å². The molecule has 1 aliphatic heterocycles. The first-order valence-electron chi connectivity index (χ1n) is 10.6. The van der Waals surface area contributed by atoms with Crippen molar-refractivity contribution < 1.29 is 4.79 Å². The van der Waals surface area contributed by atoms with Crippen LogP contribution in [0.1, 0.15) is 44.7 Å². The van der Waals surface area contributed by atoms with Crippen molar-refractivity contribution in [2.24, 2.45) is 0 Å². The molecule has 30 heavy (non-hydrogen) atoms. The number of rotatable bonds is 4. The van der Waals surface area contributed by atoms with Crippen molar-refractivity contribution in [1.82, 2.24) is 15.5 Å². The molecule has 1 fully saturated rings. The van der Waals surface area contributed by atoms with E-state index in [1.165, 1.54) is 5.56 Å². The molecule has 0 atom stereocenters. The van der Waals surface area contributed by atoms with Gasteiger partial charge < -0.3 is 10.6 Å². The van der Waals surface area contributed by atoms with Crippen molar-refractivity contribution in [3.8, 4) is 11.1 Å². The van der Waals surface area contributed by atoms with Crippen molar-refractivity contribution >= 4 is 11.6 Å². The summed E-state index contributed by atoms with van der Waals surface area (Å²) in [6, 6.07) is 16.6. The molecule has 5 heteroatoms. The Kier molecular flexibility index (Phi) is 5.48. The number of benzene rings is 2. The minimum Gasteiger partial charge on any atom is -0.325 e. The third kappa shape index (κ3) is 4.03. The third-order valence-corrected chi connectivity index (χ3v) is 6.15. The Morgan fingerprint density at radius 1 is 1.03 bits per heavy atom. The summed E-state index contributed by atoms with van der Waals surface area (Å²) >= 11 is 0. The first-order chi connectivity index (χ1) is 14.4. The summed E-state index contributed by atoms with van der Waals surface area (Å²) < 4.78 is 0. The van der Waals surface area contributed by atoms with Crippen LogP contribution in [-0.4, -0.2) is 29.2 Å². The van der Waals surface area contributed by atoms with E-state index in [0.29, 0.717) is 0 Å². The molecule has 1 aliphatic rings. The van der Waals surface area contributed by atoms with E-state index in [2.05, 4.69) is 78.0 Å². The smallest absolute Gasteiger partial charge is 0.235 e. The molecule has 3 N–H and O–H groups in total. The maximum absolute atomic E-state index is 13.6. The van der Waals surface area contributed by atoms with Crippen molar-refractivity contribution in [3.63, 3.8) is 0 Å². The maximum atomic E-state index is 13.6. The van der Waals surface area contributed by atoms with Crippen LogP contribution >= 0.6 is 0 Å². The van der Waals surface area contributed by atoms with E-state index >= 15 is 0 Å². The van der Waals surface area contributed by atoms with Crippen LogP contribution in [0.25, 0.3) is 11.1 Å². The van der Waals surface area contributed by atoms with Crippen molar-refractivity contribution in [1.29, 1.82) is 0 Å². The lowest BCUT2D eigenvalue weighted by Gasteiger charge is -2.37. The predicted octanol–water partition coefficient (Wildman–Crippen LogP) is 4.63. The van der Waals surface area contributed by atoms with Gasteiger partial charge in [0, 0.05) is 17.4 Å². The Morgan fingerprint density at radius 3 is 2.40 bits per heavy atom. The molecule has 4 rings (SSSR count). The Labute approximate surface area is 178 Å². The molecular weight excluding hydrogens is 372 g/mol. The van der Waals surface area contributed by atoms with Crippen LogP contribution < -0.4 is 10.6 Å². The van der Waals surface area contributed by atoms with E-state index in [9.17, 15) is 4.79 Å². The van der Waals surface area contributed by atoms with E-state index in [4.69, 9.17) is 0 Å². The number of carbonyl (C=O) groups is 1. The molecule has 1 aromatic heterocycles. The van der Waals surface area contributed by atoms with E-state index in [0.717, 1.165) is 48.3 Å². The number of H-pyrrole nitrogens is 1. The number of hydrogen-bond donors (Lipinski definition) is 3. The number of nitrogens with zero attached hydrogens (tertiary/aromatic N) is 1. The first kappa shape index (κ1) is 20.4. The van der Waals surface area contributed by atoms with Gasteiger partial charge in [0.2, 0.25) is 5.91 Å². The molecule has 1 amide bonds. The molecule has 0 saturated carbocycles. The fourth-order valence-corrected chi connectivity index (χ4v) is 4.21. The average molecular weight is 403 g/mol. The monoisotopic (exact) mass is 402 g/mol. The van der Waals surface area contributed by atoms with Gasteiger partial charge >= 0.3 is 0 Å². The molecular formula is C25H30N4O. The largest absolute Gasteiger partial charge is 0.325 e. The van der Waals surface area contributed by atoms with E-state index in [-0.39, 0.29) is 11.3 Å².